The van der Waals surface area contributed by atoms with Crippen molar-refractivity contribution < 1.29 is 8.42 Å². The Morgan fingerprint density at radius 1 is 0.947 bits per heavy atom. The van der Waals surface area contributed by atoms with Gasteiger partial charge >= 0.3 is 0 Å². The van der Waals surface area contributed by atoms with E-state index in [4.69, 9.17) is 0 Å². The molecule has 19 heavy (non-hydrogen) atoms. The van der Waals surface area contributed by atoms with Gasteiger partial charge in [-0.3, -0.25) is 0 Å². The largest absolute Gasteiger partial charge is 0.223 e. The third-order valence-electron chi connectivity index (χ3n) is 3.15. The van der Waals surface area contributed by atoms with Gasteiger partial charge in [0.05, 0.1) is 10.1 Å². The molecule has 0 aliphatic carbocycles. The molecule has 1 atom stereocenters. The van der Waals surface area contributed by atoms with Gasteiger partial charge < -0.3 is 0 Å². The summed E-state index contributed by atoms with van der Waals surface area (Å²) in [5.41, 5.74) is 1.85. The second kappa shape index (κ2) is 5.47. The van der Waals surface area contributed by atoms with Crippen LogP contribution in [0.4, 0.5) is 0 Å². The SMILES string of the molecule is Cc1ccc(S(=O)(=O)[C@H](C)c2ccc(Br)cc2)cc1. The Balaban J connectivity index is 2.39. The quantitative estimate of drug-likeness (QED) is 0.836. The van der Waals surface area contributed by atoms with Crippen LogP contribution < -0.4 is 0 Å². The van der Waals surface area contributed by atoms with Gasteiger partial charge in [-0.15, -0.1) is 0 Å². The molecule has 0 aromatic heterocycles. The summed E-state index contributed by atoms with van der Waals surface area (Å²) in [5, 5.41) is -0.552. The van der Waals surface area contributed by atoms with Crippen LogP contribution >= 0.6 is 15.9 Å². The summed E-state index contributed by atoms with van der Waals surface area (Å²) >= 11 is 3.35. The summed E-state index contributed by atoms with van der Waals surface area (Å²) in [6, 6.07) is 14.4. The first kappa shape index (κ1) is 14.3. The van der Waals surface area contributed by atoms with Crippen LogP contribution in [0.2, 0.25) is 0 Å². The van der Waals surface area contributed by atoms with Crippen LogP contribution in [0.5, 0.6) is 0 Å². The van der Waals surface area contributed by atoms with Gasteiger partial charge in [-0.1, -0.05) is 45.8 Å². The molecule has 2 aromatic carbocycles. The number of rotatable bonds is 3. The average Bonchev–Trinajstić information content (AvgIpc) is 2.39. The molecule has 2 aromatic rings. The predicted molar refractivity (Wildman–Crippen MR) is 80.9 cm³/mol. The van der Waals surface area contributed by atoms with E-state index in [-0.39, 0.29) is 0 Å². The molecule has 2 rings (SSSR count). The van der Waals surface area contributed by atoms with Crippen LogP contribution in [0.1, 0.15) is 23.3 Å². The molecule has 0 fully saturated rings. The number of sulfone groups is 1. The van der Waals surface area contributed by atoms with Gasteiger partial charge in [-0.05, 0) is 43.7 Å². The van der Waals surface area contributed by atoms with E-state index in [1.165, 1.54) is 0 Å². The average molecular weight is 339 g/mol. The van der Waals surface area contributed by atoms with Gasteiger partial charge in [-0.25, -0.2) is 8.42 Å². The van der Waals surface area contributed by atoms with Crippen molar-refractivity contribution in [2.24, 2.45) is 0 Å². The van der Waals surface area contributed by atoms with Crippen molar-refractivity contribution in [3.05, 3.63) is 64.1 Å². The maximum Gasteiger partial charge on any atom is 0.185 e. The summed E-state index contributed by atoms with van der Waals surface area (Å²) < 4.78 is 26.0. The smallest absolute Gasteiger partial charge is 0.185 e. The van der Waals surface area contributed by atoms with Crippen LogP contribution in [-0.2, 0) is 9.84 Å². The first-order valence-corrected chi connectivity index (χ1v) is 8.31. The minimum absolute atomic E-state index is 0.369. The molecule has 4 heteroatoms. The maximum atomic E-state index is 12.5. The Hall–Kier alpha value is -1.13. The minimum atomic E-state index is -3.34. The summed E-state index contributed by atoms with van der Waals surface area (Å²) in [6.45, 7) is 3.66. The van der Waals surface area contributed by atoms with Gasteiger partial charge in [0, 0.05) is 4.47 Å². The number of benzene rings is 2. The Morgan fingerprint density at radius 3 is 2.00 bits per heavy atom. The summed E-state index contributed by atoms with van der Waals surface area (Å²) in [4.78, 5) is 0.369. The van der Waals surface area contributed by atoms with E-state index in [2.05, 4.69) is 15.9 Å². The lowest BCUT2D eigenvalue weighted by Gasteiger charge is -2.13. The zero-order valence-electron chi connectivity index (χ0n) is 10.8. The molecule has 0 saturated heterocycles. The van der Waals surface area contributed by atoms with Gasteiger partial charge in [0.1, 0.15) is 0 Å². The molecule has 0 saturated carbocycles. The fourth-order valence-electron chi connectivity index (χ4n) is 1.85. The van der Waals surface area contributed by atoms with Crippen molar-refractivity contribution in [2.75, 3.05) is 0 Å². The Morgan fingerprint density at radius 2 is 1.47 bits per heavy atom. The molecule has 100 valence electrons. The highest BCUT2D eigenvalue weighted by molar-refractivity contribution is 9.10. The standard InChI is InChI=1S/C15H15BrO2S/c1-11-3-9-15(10-4-11)19(17,18)12(2)13-5-7-14(16)8-6-13/h3-10,12H,1-2H3/t12-/m1/s1. The highest BCUT2D eigenvalue weighted by Gasteiger charge is 2.24. The first-order chi connectivity index (χ1) is 8.91. The fourth-order valence-corrected chi connectivity index (χ4v) is 3.55. The molecule has 0 aliphatic rings. The van der Waals surface area contributed by atoms with E-state index < -0.39 is 15.1 Å². The number of hydrogen-bond acceptors (Lipinski definition) is 2. The van der Waals surface area contributed by atoms with Crippen LogP contribution in [0.15, 0.2) is 57.9 Å². The molecule has 2 nitrogen and oxygen atoms in total. The van der Waals surface area contributed by atoms with Crippen molar-refractivity contribution in [1.29, 1.82) is 0 Å². The van der Waals surface area contributed by atoms with Crippen molar-refractivity contribution in [3.63, 3.8) is 0 Å². The Kier molecular flexibility index (Phi) is 4.11. The van der Waals surface area contributed by atoms with E-state index >= 15 is 0 Å². The second-order valence-corrected chi connectivity index (χ2v) is 7.74. The number of hydrogen-bond donors (Lipinski definition) is 0. The van der Waals surface area contributed by atoms with Crippen molar-refractivity contribution in [3.8, 4) is 0 Å². The summed E-state index contributed by atoms with van der Waals surface area (Å²) in [5.74, 6) is 0. The van der Waals surface area contributed by atoms with Crippen molar-refractivity contribution in [1.82, 2.24) is 0 Å². The monoisotopic (exact) mass is 338 g/mol. The Bertz CT molecular complexity index is 658. The van der Waals surface area contributed by atoms with Gasteiger partial charge in [0.15, 0.2) is 9.84 Å². The predicted octanol–water partition coefficient (Wildman–Crippen LogP) is 4.29. The van der Waals surface area contributed by atoms with E-state index in [0.29, 0.717) is 4.90 Å². The van der Waals surface area contributed by atoms with Crippen LogP contribution in [0, 0.1) is 6.92 Å². The number of halogens is 1. The molecule has 0 unspecified atom stereocenters. The third-order valence-corrected chi connectivity index (χ3v) is 5.82. The van der Waals surface area contributed by atoms with Gasteiger partial charge in [0.25, 0.3) is 0 Å². The normalized spacial score (nSPS) is 13.2. The molecule has 0 spiro atoms. The summed E-state index contributed by atoms with van der Waals surface area (Å²) in [7, 11) is -3.34. The highest BCUT2D eigenvalue weighted by Crippen LogP contribution is 2.29. The highest BCUT2D eigenvalue weighted by atomic mass is 79.9. The molecule has 0 bridgehead atoms. The van der Waals surface area contributed by atoms with Crippen LogP contribution in [0.25, 0.3) is 0 Å². The van der Waals surface area contributed by atoms with Crippen molar-refractivity contribution >= 4 is 25.8 Å². The van der Waals surface area contributed by atoms with E-state index in [9.17, 15) is 8.42 Å². The summed E-state index contributed by atoms with van der Waals surface area (Å²) in [6.07, 6.45) is 0. The van der Waals surface area contributed by atoms with Crippen molar-refractivity contribution in [2.45, 2.75) is 24.0 Å². The molecule has 0 amide bonds. The molecular formula is C15H15BrO2S. The third kappa shape index (κ3) is 3.07. The minimum Gasteiger partial charge on any atom is -0.223 e. The van der Waals surface area contributed by atoms with Crippen LogP contribution in [-0.4, -0.2) is 8.42 Å². The lowest BCUT2D eigenvalue weighted by Crippen LogP contribution is -2.10. The fraction of sp³-hybridized carbons (Fsp3) is 0.200. The molecular weight excluding hydrogens is 324 g/mol. The van der Waals surface area contributed by atoms with E-state index in [1.54, 1.807) is 19.1 Å². The van der Waals surface area contributed by atoms with Gasteiger partial charge in [-0.2, -0.15) is 0 Å². The molecule has 0 heterocycles. The molecule has 0 radical (unpaired) electrons. The first-order valence-electron chi connectivity index (χ1n) is 5.97. The van der Waals surface area contributed by atoms with Gasteiger partial charge in [0.2, 0.25) is 0 Å². The lowest BCUT2D eigenvalue weighted by molar-refractivity contribution is 0.586. The van der Waals surface area contributed by atoms with E-state index in [1.807, 2.05) is 43.3 Å². The van der Waals surface area contributed by atoms with Crippen LogP contribution in [0.3, 0.4) is 0 Å². The zero-order chi connectivity index (χ0) is 14.0. The molecule has 0 aliphatic heterocycles. The molecule has 0 N–H and O–H groups in total. The van der Waals surface area contributed by atoms with E-state index in [0.717, 1.165) is 15.6 Å². The zero-order valence-corrected chi connectivity index (χ0v) is 13.2. The maximum absolute atomic E-state index is 12.5. The Labute approximate surface area is 122 Å². The topological polar surface area (TPSA) is 34.1 Å². The lowest BCUT2D eigenvalue weighted by atomic mass is 10.2. The number of aryl methyl sites for hydroxylation is 1. The second-order valence-electron chi connectivity index (χ2n) is 4.55.